The number of piperidine rings is 1. The highest BCUT2D eigenvalue weighted by molar-refractivity contribution is 5.94. The second-order valence-corrected chi connectivity index (χ2v) is 6.08. The van der Waals surface area contributed by atoms with Crippen LogP contribution in [0.2, 0.25) is 0 Å². The smallest absolute Gasteiger partial charge is 0.255 e. The molecular formula is C17H18N6O. The van der Waals surface area contributed by atoms with E-state index in [4.69, 9.17) is 5.73 Å². The summed E-state index contributed by atoms with van der Waals surface area (Å²) in [6.45, 7) is 1.43. The summed E-state index contributed by atoms with van der Waals surface area (Å²) < 4.78 is 1.84. The molecule has 7 nitrogen and oxygen atoms in total. The number of amides is 1. The predicted molar refractivity (Wildman–Crippen MR) is 89.3 cm³/mol. The molecule has 0 aromatic carbocycles. The Morgan fingerprint density at radius 1 is 1.17 bits per heavy atom. The second kappa shape index (κ2) is 6.01. The van der Waals surface area contributed by atoms with E-state index in [1.165, 1.54) is 0 Å². The fraction of sp³-hybridized carbons (Fsp3) is 0.294. The molecule has 122 valence electrons. The summed E-state index contributed by atoms with van der Waals surface area (Å²) in [5.41, 5.74) is 9.04. The van der Waals surface area contributed by atoms with Gasteiger partial charge in [0.1, 0.15) is 6.33 Å². The quantitative estimate of drug-likeness (QED) is 0.769. The minimum atomic E-state index is 0.0233. The molecule has 7 heteroatoms. The number of nitrogens with zero attached hydrogens (tertiary/aromatic N) is 5. The van der Waals surface area contributed by atoms with Crippen molar-refractivity contribution in [2.24, 2.45) is 5.73 Å². The standard InChI is InChI=1S/C17H18N6O/c18-14-5-7-22(8-6-14)17(24)12-1-3-15(19-9-12)13-2-4-16-21-20-11-23(16)10-13/h1-4,9-11,14H,5-8,18H2. The molecule has 3 aromatic heterocycles. The molecule has 0 saturated carbocycles. The van der Waals surface area contributed by atoms with Crippen LogP contribution in [0.5, 0.6) is 0 Å². The molecule has 4 rings (SSSR count). The number of carbonyl (C=O) groups excluding carboxylic acids is 1. The van der Waals surface area contributed by atoms with E-state index in [2.05, 4.69) is 15.2 Å². The van der Waals surface area contributed by atoms with Crippen molar-refractivity contribution in [2.45, 2.75) is 18.9 Å². The Balaban J connectivity index is 1.54. The van der Waals surface area contributed by atoms with Gasteiger partial charge in [0.25, 0.3) is 5.91 Å². The van der Waals surface area contributed by atoms with Gasteiger partial charge in [0, 0.05) is 37.1 Å². The largest absolute Gasteiger partial charge is 0.338 e. The molecular weight excluding hydrogens is 304 g/mol. The Labute approximate surface area is 139 Å². The zero-order valence-corrected chi connectivity index (χ0v) is 13.2. The first-order chi connectivity index (χ1) is 11.7. The number of pyridine rings is 2. The lowest BCUT2D eigenvalue weighted by Crippen LogP contribution is -2.42. The maximum atomic E-state index is 12.5. The molecule has 0 spiro atoms. The van der Waals surface area contributed by atoms with Gasteiger partial charge in [-0.3, -0.25) is 14.2 Å². The average molecular weight is 322 g/mol. The van der Waals surface area contributed by atoms with Gasteiger partial charge in [-0.1, -0.05) is 0 Å². The van der Waals surface area contributed by atoms with E-state index in [0.717, 1.165) is 29.7 Å². The third-order valence-corrected chi connectivity index (χ3v) is 4.42. The van der Waals surface area contributed by atoms with E-state index in [1.54, 1.807) is 12.5 Å². The monoisotopic (exact) mass is 322 g/mol. The zero-order valence-electron chi connectivity index (χ0n) is 13.2. The molecule has 4 heterocycles. The van der Waals surface area contributed by atoms with Gasteiger partial charge >= 0.3 is 0 Å². The van der Waals surface area contributed by atoms with Gasteiger partial charge in [0.15, 0.2) is 5.65 Å². The SMILES string of the molecule is NC1CCN(C(=O)c2ccc(-c3ccc4nncn4c3)nc2)CC1. The van der Waals surface area contributed by atoms with Crippen molar-refractivity contribution < 1.29 is 4.79 Å². The highest BCUT2D eigenvalue weighted by Gasteiger charge is 2.21. The fourth-order valence-electron chi connectivity index (χ4n) is 2.96. The molecule has 1 aliphatic heterocycles. The van der Waals surface area contributed by atoms with E-state index in [1.807, 2.05) is 39.8 Å². The summed E-state index contributed by atoms with van der Waals surface area (Å²) in [4.78, 5) is 18.8. The lowest BCUT2D eigenvalue weighted by atomic mass is 10.1. The number of hydrogen-bond acceptors (Lipinski definition) is 5. The number of hydrogen-bond donors (Lipinski definition) is 1. The average Bonchev–Trinajstić information content (AvgIpc) is 3.09. The van der Waals surface area contributed by atoms with Crippen molar-refractivity contribution in [1.29, 1.82) is 0 Å². The third kappa shape index (κ3) is 2.74. The molecule has 3 aromatic rings. The summed E-state index contributed by atoms with van der Waals surface area (Å²) in [7, 11) is 0. The van der Waals surface area contributed by atoms with Gasteiger partial charge in [-0.05, 0) is 37.1 Å². The summed E-state index contributed by atoms with van der Waals surface area (Å²) in [5.74, 6) is 0.0233. The van der Waals surface area contributed by atoms with Crippen LogP contribution in [0.3, 0.4) is 0 Å². The first kappa shape index (κ1) is 14.8. The van der Waals surface area contributed by atoms with Gasteiger partial charge in [-0.2, -0.15) is 0 Å². The van der Waals surface area contributed by atoms with Crippen LogP contribution in [-0.2, 0) is 0 Å². The van der Waals surface area contributed by atoms with Crippen molar-refractivity contribution in [1.82, 2.24) is 24.5 Å². The Morgan fingerprint density at radius 2 is 2.00 bits per heavy atom. The van der Waals surface area contributed by atoms with E-state index >= 15 is 0 Å². The summed E-state index contributed by atoms with van der Waals surface area (Å²) >= 11 is 0. The molecule has 1 aliphatic rings. The number of fused-ring (bicyclic) bond motifs is 1. The Kier molecular flexibility index (Phi) is 3.70. The lowest BCUT2D eigenvalue weighted by Gasteiger charge is -2.30. The minimum absolute atomic E-state index is 0.0233. The lowest BCUT2D eigenvalue weighted by molar-refractivity contribution is 0.0714. The van der Waals surface area contributed by atoms with Crippen LogP contribution < -0.4 is 5.73 Å². The van der Waals surface area contributed by atoms with Gasteiger partial charge in [0.05, 0.1) is 11.3 Å². The highest BCUT2D eigenvalue weighted by atomic mass is 16.2. The van der Waals surface area contributed by atoms with Crippen LogP contribution in [0.1, 0.15) is 23.2 Å². The number of aromatic nitrogens is 4. The van der Waals surface area contributed by atoms with Crippen LogP contribution in [0, 0.1) is 0 Å². The molecule has 0 aliphatic carbocycles. The fourth-order valence-corrected chi connectivity index (χ4v) is 2.96. The topological polar surface area (TPSA) is 89.4 Å². The van der Waals surface area contributed by atoms with Gasteiger partial charge in [-0.25, -0.2) is 0 Å². The number of likely N-dealkylation sites (tertiary alicyclic amines) is 1. The first-order valence-electron chi connectivity index (χ1n) is 8.01. The van der Waals surface area contributed by atoms with Crippen LogP contribution >= 0.6 is 0 Å². The molecule has 0 bridgehead atoms. The summed E-state index contributed by atoms with van der Waals surface area (Å²) in [5, 5.41) is 7.85. The van der Waals surface area contributed by atoms with Gasteiger partial charge in [-0.15, -0.1) is 10.2 Å². The van der Waals surface area contributed by atoms with Gasteiger partial charge < -0.3 is 10.6 Å². The number of carbonyl (C=O) groups is 1. The Hall–Kier alpha value is -2.80. The van der Waals surface area contributed by atoms with E-state index in [0.29, 0.717) is 18.7 Å². The highest BCUT2D eigenvalue weighted by Crippen LogP contribution is 2.19. The van der Waals surface area contributed by atoms with Crippen molar-refractivity contribution >= 4 is 11.6 Å². The molecule has 0 unspecified atom stereocenters. The van der Waals surface area contributed by atoms with E-state index in [9.17, 15) is 4.79 Å². The molecule has 2 N–H and O–H groups in total. The normalized spacial score (nSPS) is 15.8. The molecule has 0 radical (unpaired) electrons. The van der Waals surface area contributed by atoms with Crippen molar-refractivity contribution in [3.05, 3.63) is 48.5 Å². The molecule has 1 fully saturated rings. The third-order valence-electron chi connectivity index (χ3n) is 4.42. The maximum Gasteiger partial charge on any atom is 0.255 e. The molecule has 24 heavy (non-hydrogen) atoms. The van der Waals surface area contributed by atoms with Crippen LogP contribution in [0.15, 0.2) is 43.0 Å². The second-order valence-electron chi connectivity index (χ2n) is 6.08. The van der Waals surface area contributed by atoms with Crippen molar-refractivity contribution in [3.8, 4) is 11.3 Å². The van der Waals surface area contributed by atoms with Crippen LogP contribution in [-0.4, -0.2) is 49.5 Å². The molecule has 1 amide bonds. The number of rotatable bonds is 2. The summed E-state index contributed by atoms with van der Waals surface area (Å²) in [6, 6.07) is 7.74. The van der Waals surface area contributed by atoms with Crippen molar-refractivity contribution in [3.63, 3.8) is 0 Å². The minimum Gasteiger partial charge on any atom is -0.338 e. The molecule has 1 saturated heterocycles. The van der Waals surface area contributed by atoms with Crippen LogP contribution in [0.25, 0.3) is 16.9 Å². The van der Waals surface area contributed by atoms with E-state index in [-0.39, 0.29) is 11.9 Å². The van der Waals surface area contributed by atoms with E-state index < -0.39 is 0 Å². The molecule has 0 atom stereocenters. The first-order valence-corrected chi connectivity index (χ1v) is 8.01. The van der Waals surface area contributed by atoms with Crippen LogP contribution in [0.4, 0.5) is 0 Å². The summed E-state index contributed by atoms with van der Waals surface area (Å²) in [6.07, 6.45) is 6.93. The Morgan fingerprint density at radius 3 is 2.75 bits per heavy atom. The maximum absolute atomic E-state index is 12.5. The zero-order chi connectivity index (χ0) is 16.5. The number of nitrogens with two attached hydrogens (primary N) is 1. The van der Waals surface area contributed by atoms with Crippen molar-refractivity contribution in [2.75, 3.05) is 13.1 Å². The Bertz CT molecular complexity index is 864. The van der Waals surface area contributed by atoms with Gasteiger partial charge in [0.2, 0.25) is 0 Å². The predicted octanol–water partition coefficient (Wildman–Crippen LogP) is 1.35.